The zero-order valence-corrected chi connectivity index (χ0v) is 12.7. The van der Waals surface area contributed by atoms with Gasteiger partial charge in [0.1, 0.15) is 5.82 Å². The van der Waals surface area contributed by atoms with Gasteiger partial charge in [-0.1, -0.05) is 19.1 Å². The predicted octanol–water partition coefficient (Wildman–Crippen LogP) is 3.08. The lowest BCUT2D eigenvalue weighted by Gasteiger charge is -2.16. The molecule has 0 aliphatic carbocycles. The highest BCUT2D eigenvalue weighted by molar-refractivity contribution is 6.17. The van der Waals surface area contributed by atoms with E-state index in [9.17, 15) is 0 Å². The van der Waals surface area contributed by atoms with E-state index in [2.05, 4.69) is 48.6 Å². The highest BCUT2D eigenvalue weighted by atomic mass is 35.5. The largest absolute Gasteiger partial charge is 0.326 e. The lowest BCUT2D eigenvalue weighted by Crippen LogP contribution is -2.23. The summed E-state index contributed by atoms with van der Waals surface area (Å²) in [5.41, 5.74) is 3.62. The van der Waals surface area contributed by atoms with E-state index in [4.69, 9.17) is 16.6 Å². The molecular formula is C15H22ClN3. The number of aromatic nitrogens is 2. The summed E-state index contributed by atoms with van der Waals surface area (Å²) in [6, 6.07) is 6.30. The van der Waals surface area contributed by atoms with Crippen LogP contribution in [0.15, 0.2) is 18.2 Å². The van der Waals surface area contributed by atoms with Gasteiger partial charge in [0, 0.05) is 25.4 Å². The number of benzene rings is 1. The van der Waals surface area contributed by atoms with E-state index in [-0.39, 0.29) is 0 Å². The second kappa shape index (κ2) is 6.40. The Balaban J connectivity index is 2.39. The third-order valence-electron chi connectivity index (χ3n) is 3.61. The third-order valence-corrected chi connectivity index (χ3v) is 3.80. The van der Waals surface area contributed by atoms with Gasteiger partial charge in [-0.2, -0.15) is 0 Å². The van der Waals surface area contributed by atoms with E-state index in [0.717, 1.165) is 37.4 Å². The molecule has 0 fully saturated rings. The first-order valence-electron chi connectivity index (χ1n) is 6.86. The third kappa shape index (κ3) is 3.10. The van der Waals surface area contributed by atoms with Gasteiger partial charge in [0.15, 0.2) is 0 Å². The van der Waals surface area contributed by atoms with Crippen LogP contribution in [0.5, 0.6) is 0 Å². The topological polar surface area (TPSA) is 21.1 Å². The minimum Gasteiger partial charge on any atom is -0.326 e. The van der Waals surface area contributed by atoms with E-state index in [1.165, 1.54) is 11.1 Å². The number of hydrogen-bond acceptors (Lipinski definition) is 2. The van der Waals surface area contributed by atoms with Crippen LogP contribution in [0, 0.1) is 6.92 Å². The summed E-state index contributed by atoms with van der Waals surface area (Å²) in [6.07, 6.45) is 0.825. The molecule has 0 bridgehead atoms. The van der Waals surface area contributed by atoms with Crippen molar-refractivity contribution in [1.29, 1.82) is 0 Å². The number of nitrogens with zero attached hydrogens (tertiary/aromatic N) is 3. The average molecular weight is 280 g/mol. The quantitative estimate of drug-likeness (QED) is 0.758. The molecule has 0 N–H and O–H groups in total. The molecule has 4 heteroatoms. The molecule has 1 aromatic heterocycles. The molecule has 104 valence electrons. The fourth-order valence-electron chi connectivity index (χ4n) is 2.36. The molecule has 0 saturated carbocycles. The number of fused-ring (bicyclic) bond motifs is 1. The smallest absolute Gasteiger partial charge is 0.111 e. The standard InChI is InChI=1S/C15H22ClN3/c1-4-18(3)10-11-19-14(8-9-16)17-13-7-5-6-12(2)15(13)19/h5-7H,4,8-11H2,1-3H3. The Hall–Kier alpha value is -1.06. The Morgan fingerprint density at radius 2 is 2.16 bits per heavy atom. The van der Waals surface area contributed by atoms with Gasteiger partial charge in [-0.15, -0.1) is 11.6 Å². The molecule has 0 aliphatic rings. The SMILES string of the molecule is CCN(C)CCn1c(CCCl)nc2cccc(C)c21. The highest BCUT2D eigenvalue weighted by Gasteiger charge is 2.12. The normalized spacial score (nSPS) is 11.6. The van der Waals surface area contributed by atoms with Crippen molar-refractivity contribution in [3.63, 3.8) is 0 Å². The fraction of sp³-hybridized carbons (Fsp3) is 0.533. The van der Waals surface area contributed by atoms with Crippen LogP contribution in [0.2, 0.25) is 0 Å². The van der Waals surface area contributed by atoms with Gasteiger partial charge in [0.25, 0.3) is 0 Å². The van der Waals surface area contributed by atoms with E-state index in [0.29, 0.717) is 5.88 Å². The Morgan fingerprint density at radius 3 is 2.84 bits per heavy atom. The number of aryl methyl sites for hydroxylation is 2. The van der Waals surface area contributed by atoms with Crippen LogP contribution in [0.3, 0.4) is 0 Å². The van der Waals surface area contributed by atoms with Crippen molar-refractivity contribution < 1.29 is 0 Å². The van der Waals surface area contributed by atoms with E-state index < -0.39 is 0 Å². The number of hydrogen-bond donors (Lipinski definition) is 0. The molecule has 0 atom stereocenters. The first-order valence-corrected chi connectivity index (χ1v) is 7.40. The maximum absolute atomic E-state index is 5.90. The Bertz CT molecular complexity index is 548. The van der Waals surface area contributed by atoms with Crippen molar-refractivity contribution in [2.75, 3.05) is 26.0 Å². The minimum absolute atomic E-state index is 0.617. The second-order valence-electron chi connectivity index (χ2n) is 4.96. The van der Waals surface area contributed by atoms with E-state index in [1.54, 1.807) is 0 Å². The minimum atomic E-state index is 0.617. The molecule has 0 unspecified atom stereocenters. The lowest BCUT2D eigenvalue weighted by atomic mass is 10.2. The Morgan fingerprint density at radius 1 is 1.37 bits per heavy atom. The predicted molar refractivity (Wildman–Crippen MR) is 82.1 cm³/mol. The number of likely N-dealkylation sites (N-methyl/N-ethyl adjacent to an activating group) is 1. The highest BCUT2D eigenvalue weighted by Crippen LogP contribution is 2.20. The van der Waals surface area contributed by atoms with Gasteiger partial charge < -0.3 is 9.47 Å². The second-order valence-corrected chi connectivity index (χ2v) is 5.34. The van der Waals surface area contributed by atoms with Gasteiger partial charge >= 0.3 is 0 Å². The monoisotopic (exact) mass is 279 g/mol. The van der Waals surface area contributed by atoms with Crippen LogP contribution in [-0.2, 0) is 13.0 Å². The number of rotatable bonds is 6. The van der Waals surface area contributed by atoms with Crippen molar-refractivity contribution in [3.8, 4) is 0 Å². The summed E-state index contributed by atoms with van der Waals surface area (Å²) < 4.78 is 2.33. The molecule has 2 rings (SSSR count). The molecule has 0 radical (unpaired) electrons. The lowest BCUT2D eigenvalue weighted by molar-refractivity contribution is 0.335. The number of imidazole rings is 1. The van der Waals surface area contributed by atoms with Crippen LogP contribution in [0.25, 0.3) is 11.0 Å². The van der Waals surface area contributed by atoms with Gasteiger partial charge in [-0.05, 0) is 32.1 Å². The summed E-state index contributed by atoms with van der Waals surface area (Å²) in [5.74, 6) is 1.72. The number of halogens is 1. The molecule has 2 aromatic rings. The number of para-hydroxylation sites is 1. The Labute approximate surface area is 120 Å². The first kappa shape index (κ1) is 14.4. The molecule has 0 saturated heterocycles. The summed E-state index contributed by atoms with van der Waals surface area (Å²) in [7, 11) is 2.15. The van der Waals surface area contributed by atoms with Crippen LogP contribution in [0.1, 0.15) is 18.3 Å². The van der Waals surface area contributed by atoms with Crippen LogP contribution in [0.4, 0.5) is 0 Å². The van der Waals surface area contributed by atoms with Gasteiger partial charge in [0.05, 0.1) is 11.0 Å². The molecule has 0 spiro atoms. The Kier molecular flexibility index (Phi) is 4.83. The average Bonchev–Trinajstić information content (AvgIpc) is 2.75. The zero-order valence-electron chi connectivity index (χ0n) is 12.0. The molecule has 3 nitrogen and oxygen atoms in total. The number of alkyl halides is 1. The van der Waals surface area contributed by atoms with Crippen LogP contribution in [-0.4, -0.2) is 40.5 Å². The van der Waals surface area contributed by atoms with Crippen LogP contribution >= 0.6 is 11.6 Å². The fourth-order valence-corrected chi connectivity index (χ4v) is 2.53. The molecule has 1 heterocycles. The van der Waals surface area contributed by atoms with Crippen molar-refractivity contribution in [1.82, 2.24) is 14.5 Å². The van der Waals surface area contributed by atoms with E-state index >= 15 is 0 Å². The molecular weight excluding hydrogens is 258 g/mol. The van der Waals surface area contributed by atoms with Crippen molar-refractivity contribution >= 4 is 22.6 Å². The van der Waals surface area contributed by atoms with Gasteiger partial charge in [0.2, 0.25) is 0 Å². The molecule has 19 heavy (non-hydrogen) atoms. The van der Waals surface area contributed by atoms with Crippen molar-refractivity contribution in [3.05, 3.63) is 29.6 Å². The summed E-state index contributed by atoms with van der Waals surface area (Å²) in [4.78, 5) is 7.04. The summed E-state index contributed by atoms with van der Waals surface area (Å²) >= 11 is 5.90. The van der Waals surface area contributed by atoms with Gasteiger partial charge in [-0.25, -0.2) is 4.98 Å². The van der Waals surface area contributed by atoms with Crippen LogP contribution < -0.4 is 0 Å². The molecule has 0 aliphatic heterocycles. The van der Waals surface area contributed by atoms with E-state index in [1.807, 2.05) is 0 Å². The molecule has 0 amide bonds. The maximum atomic E-state index is 5.90. The summed E-state index contributed by atoms with van der Waals surface area (Å²) in [5, 5.41) is 0. The first-order chi connectivity index (χ1) is 9.17. The zero-order chi connectivity index (χ0) is 13.8. The maximum Gasteiger partial charge on any atom is 0.111 e. The summed E-state index contributed by atoms with van der Waals surface area (Å²) in [6.45, 7) is 7.39. The van der Waals surface area contributed by atoms with Crippen molar-refractivity contribution in [2.24, 2.45) is 0 Å². The van der Waals surface area contributed by atoms with Crippen molar-refractivity contribution in [2.45, 2.75) is 26.8 Å². The molecule has 1 aromatic carbocycles. The van der Waals surface area contributed by atoms with Gasteiger partial charge in [-0.3, -0.25) is 0 Å².